The third kappa shape index (κ3) is 5.12. The Hall–Kier alpha value is -2.29. The zero-order valence-electron chi connectivity index (χ0n) is 15.1. The van der Waals surface area contributed by atoms with Gasteiger partial charge in [0.2, 0.25) is 5.91 Å². The molecule has 128 valence electrons. The number of carbonyl (C=O) groups excluding carboxylic acids is 1. The number of aryl methyl sites for hydroxylation is 1. The third-order valence-electron chi connectivity index (χ3n) is 4.08. The lowest BCUT2D eigenvalue weighted by Gasteiger charge is -2.23. The van der Waals surface area contributed by atoms with Gasteiger partial charge < -0.3 is 10.6 Å². The van der Waals surface area contributed by atoms with Gasteiger partial charge in [-0.1, -0.05) is 69.3 Å². The fraction of sp³-hybridized carbons (Fsp3) is 0.381. The van der Waals surface area contributed by atoms with Crippen molar-refractivity contribution in [3.63, 3.8) is 0 Å². The van der Waals surface area contributed by atoms with Gasteiger partial charge in [-0.3, -0.25) is 4.79 Å². The van der Waals surface area contributed by atoms with Crippen molar-refractivity contribution in [1.29, 1.82) is 0 Å². The van der Waals surface area contributed by atoms with Gasteiger partial charge >= 0.3 is 0 Å². The standard InChI is InChI=1S/C21H28N2O/c1-16-10-8-9-13-18(16)23-19(17-11-6-5-7-12-17)14-15-22-20(24)21(2,3)4/h5-13,19,23H,14-15H2,1-4H3,(H,22,24). The smallest absolute Gasteiger partial charge is 0.225 e. The topological polar surface area (TPSA) is 41.1 Å². The fourth-order valence-corrected chi connectivity index (χ4v) is 2.53. The molecule has 0 fully saturated rings. The van der Waals surface area contributed by atoms with E-state index in [9.17, 15) is 4.79 Å². The predicted octanol–water partition coefficient (Wildman–Crippen LogP) is 4.70. The summed E-state index contributed by atoms with van der Waals surface area (Å²) in [5, 5.41) is 6.67. The lowest BCUT2D eigenvalue weighted by Crippen LogP contribution is -2.36. The molecule has 2 rings (SSSR count). The monoisotopic (exact) mass is 324 g/mol. The maximum absolute atomic E-state index is 12.1. The van der Waals surface area contributed by atoms with Gasteiger partial charge in [-0.2, -0.15) is 0 Å². The lowest BCUT2D eigenvalue weighted by atomic mass is 9.95. The minimum Gasteiger partial charge on any atom is -0.378 e. The van der Waals surface area contributed by atoms with Crippen molar-refractivity contribution in [2.75, 3.05) is 11.9 Å². The molecule has 0 aliphatic carbocycles. The maximum atomic E-state index is 12.1. The van der Waals surface area contributed by atoms with Crippen molar-refractivity contribution in [3.8, 4) is 0 Å². The van der Waals surface area contributed by atoms with Crippen LogP contribution in [0.2, 0.25) is 0 Å². The van der Waals surface area contributed by atoms with Crippen LogP contribution in [0.25, 0.3) is 0 Å². The van der Waals surface area contributed by atoms with E-state index < -0.39 is 0 Å². The van der Waals surface area contributed by atoms with Gasteiger partial charge in [0.15, 0.2) is 0 Å². The number of para-hydroxylation sites is 1. The Labute approximate surface area is 145 Å². The van der Waals surface area contributed by atoms with Crippen molar-refractivity contribution >= 4 is 11.6 Å². The van der Waals surface area contributed by atoms with Gasteiger partial charge in [-0.05, 0) is 30.5 Å². The summed E-state index contributed by atoms with van der Waals surface area (Å²) in [6, 6.07) is 18.8. The van der Waals surface area contributed by atoms with E-state index in [1.165, 1.54) is 11.1 Å². The van der Waals surface area contributed by atoms with Crippen LogP contribution in [0.15, 0.2) is 54.6 Å². The second-order valence-corrected chi connectivity index (χ2v) is 7.22. The molecule has 0 bridgehead atoms. The molecule has 3 heteroatoms. The number of carbonyl (C=O) groups is 1. The average Bonchev–Trinajstić information content (AvgIpc) is 2.55. The van der Waals surface area contributed by atoms with Gasteiger partial charge in [0.05, 0.1) is 6.04 Å². The summed E-state index contributed by atoms with van der Waals surface area (Å²) in [6.45, 7) is 8.55. The van der Waals surface area contributed by atoms with Crippen LogP contribution in [0.3, 0.4) is 0 Å². The molecule has 1 atom stereocenters. The molecule has 3 nitrogen and oxygen atoms in total. The number of hydrogen-bond donors (Lipinski definition) is 2. The highest BCUT2D eigenvalue weighted by molar-refractivity contribution is 5.81. The summed E-state index contributed by atoms with van der Waals surface area (Å²) in [5.41, 5.74) is 3.22. The average molecular weight is 324 g/mol. The molecule has 2 aromatic carbocycles. The molecule has 2 N–H and O–H groups in total. The molecule has 0 heterocycles. The van der Waals surface area contributed by atoms with Gasteiger partial charge in [0.1, 0.15) is 0 Å². The molecule has 0 aromatic heterocycles. The Morgan fingerprint density at radius 3 is 2.25 bits per heavy atom. The largest absolute Gasteiger partial charge is 0.378 e. The van der Waals surface area contributed by atoms with E-state index in [-0.39, 0.29) is 17.4 Å². The van der Waals surface area contributed by atoms with Crippen LogP contribution in [0.1, 0.15) is 44.4 Å². The Bertz CT molecular complexity index is 659. The summed E-state index contributed by atoms with van der Waals surface area (Å²) in [7, 11) is 0. The molecule has 0 radical (unpaired) electrons. The quantitative estimate of drug-likeness (QED) is 0.808. The Morgan fingerprint density at radius 1 is 1.00 bits per heavy atom. The second-order valence-electron chi connectivity index (χ2n) is 7.22. The molecular weight excluding hydrogens is 296 g/mol. The van der Waals surface area contributed by atoms with Crippen LogP contribution >= 0.6 is 0 Å². The number of benzene rings is 2. The van der Waals surface area contributed by atoms with Gasteiger partial charge in [0.25, 0.3) is 0 Å². The van der Waals surface area contributed by atoms with Crippen molar-refractivity contribution in [3.05, 3.63) is 65.7 Å². The first-order valence-electron chi connectivity index (χ1n) is 8.53. The molecule has 0 saturated heterocycles. The summed E-state index contributed by atoms with van der Waals surface area (Å²) in [6.07, 6.45) is 0.833. The molecular formula is C21H28N2O. The van der Waals surface area contributed by atoms with E-state index in [4.69, 9.17) is 0 Å². The van der Waals surface area contributed by atoms with Crippen molar-refractivity contribution in [2.24, 2.45) is 5.41 Å². The highest BCUT2D eigenvalue weighted by Gasteiger charge is 2.21. The molecule has 0 aliphatic heterocycles. The summed E-state index contributed by atoms with van der Waals surface area (Å²) in [5.74, 6) is 0.0882. The van der Waals surface area contributed by atoms with E-state index in [1.807, 2.05) is 39.0 Å². The van der Waals surface area contributed by atoms with Crippen molar-refractivity contribution < 1.29 is 4.79 Å². The lowest BCUT2D eigenvalue weighted by molar-refractivity contribution is -0.128. The summed E-state index contributed by atoms with van der Waals surface area (Å²) >= 11 is 0. The summed E-state index contributed by atoms with van der Waals surface area (Å²) < 4.78 is 0. The molecule has 1 amide bonds. The van der Waals surface area contributed by atoms with Crippen LogP contribution in [0, 0.1) is 12.3 Å². The fourth-order valence-electron chi connectivity index (χ4n) is 2.53. The first-order valence-corrected chi connectivity index (χ1v) is 8.53. The molecule has 2 aromatic rings. The first kappa shape index (κ1) is 18.1. The van der Waals surface area contributed by atoms with Crippen LogP contribution in [0.4, 0.5) is 5.69 Å². The van der Waals surface area contributed by atoms with E-state index in [0.717, 1.165) is 12.1 Å². The molecule has 24 heavy (non-hydrogen) atoms. The maximum Gasteiger partial charge on any atom is 0.225 e. The summed E-state index contributed by atoms with van der Waals surface area (Å²) in [4.78, 5) is 12.1. The number of rotatable bonds is 6. The number of amides is 1. The van der Waals surface area contributed by atoms with E-state index in [0.29, 0.717) is 6.54 Å². The van der Waals surface area contributed by atoms with Crippen LogP contribution < -0.4 is 10.6 Å². The van der Waals surface area contributed by atoms with E-state index >= 15 is 0 Å². The van der Waals surface area contributed by atoms with Crippen LogP contribution in [0.5, 0.6) is 0 Å². The third-order valence-corrected chi connectivity index (χ3v) is 4.08. The normalized spacial score (nSPS) is 12.5. The molecule has 0 saturated carbocycles. The highest BCUT2D eigenvalue weighted by Crippen LogP contribution is 2.24. The van der Waals surface area contributed by atoms with E-state index in [2.05, 4.69) is 54.0 Å². The number of hydrogen-bond acceptors (Lipinski definition) is 2. The molecule has 0 aliphatic rings. The second kappa shape index (κ2) is 8.00. The molecule has 0 spiro atoms. The van der Waals surface area contributed by atoms with Crippen molar-refractivity contribution in [2.45, 2.75) is 40.2 Å². The zero-order chi connectivity index (χ0) is 17.6. The number of anilines is 1. The van der Waals surface area contributed by atoms with Crippen molar-refractivity contribution in [1.82, 2.24) is 5.32 Å². The van der Waals surface area contributed by atoms with Gasteiger partial charge in [0, 0.05) is 17.6 Å². The Morgan fingerprint density at radius 2 is 1.62 bits per heavy atom. The number of nitrogens with one attached hydrogen (secondary N) is 2. The Kier molecular flexibility index (Phi) is 6.02. The highest BCUT2D eigenvalue weighted by atomic mass is 16.2. The predicted molar refractivity (Wildman–Crippen MR) is 101 cm³/mol. The minimum absolute atomic E-state index is 0.0882. The van der Waals surface area contributed by atoms with Crippen LogP contribution in [-0.2, 0) is 4.79 Å². The SMILES string of the molecule is Cc1ccccc1NC(CCNC(=O)C(C)(C)C)c1ccccc1. The zero-order valence-corrected chi connectivity index (χ0v) is 15.1. The Balaban J connectivity index is 2.07. The van der Waals surface area contributed by atoms with E-state index in [1.54, 1.807) is 0 Å². The van der Waals surface area contributed by atoms with Gasteiger partial charge in [-0.15, -0.1) is 0 Å². The molecule has 1 unspecified atom stereocenters. The minimum atomic E-state index is -0.355. The van der Waals surface area contributed by atoms with Gasteiger partial charge in [-0.25, -0.2) is 0 Å². The van der Waals surface area contributed by atoms with Crippen LogP contribution in [-0.4, -0.2) is 12.5 Å². The first-order chi connectivity index (χ1) is 11.4.